The van der Waals surface area contributed by atoms with Crippen molar-refractivity contribution in [3.63, 3.8) is 0 Å². The van der Waals surface area contributed by atoms with Crippen LogP contribution in [0.1, 0.15) is 40.9 Å². The van der Waals surface area contributed by atoms with Gasteiger partial charge in [-0.1, -0.05) is 30.3 Å². The number of hydrogen-bond donors (Lipinski definition) is 0. The number of benzene rings is 1. The molecule has 1 atom stereocenters. The summed E-state index contributed by atoms with van der Waals surface area (Å²) in [6.07, 6.45) is 2.38. The molecule has 1 amide bonds. The normalized spacial score (nSPS) is 20.7. The number of carbonyl (C=O) groups is 1. The van der Waals surface area contributed by atoms with Crippen LogP contribution in [0, 0.1) is 19.3 Å². The first kappa shape index (κ1) is 19.4. The Balaban J connectivity index is 1.44. The zero-order valence-corrected chi connectivity index (χ0v) is 18.6. The molecule has 6 rings (SSSR count). The van der Waals surface area contributed by atoms with Crippen molar-refractivity contribution in [2.75, 3.05) is 26.3 Å². The maximum Gasteiger partial charge on any atom is 0.225 e. The van der Waals surface area contributed by atoms with Gasteiger partial charge in [-0.15, -0.1) is 10.2 Å². The Bertz CT molecular complexity index is 1240. The fraction of sp³-hybridized carbons (Fsp3) is 0.417. The molecule has 2 aromatic heterocycles. The van der Waals surface area contributed by atoms with Crippen LogP contribution in [0.4, 0.5) is 0 Å². The summed E-state index contributed by atoms with van der Waals surface area (Å²) < 4.78 is 9.53. The van der Waals surface area contributed by atoms with E-state index in [0.717, 1.165) is 66.2 Å². The van der Waals surface area contributed by atoms with Crippen molar-refractivity contribution < 1.29 is 9.53 Å². The van der Waals surface area contributed by atoms with Crippen molar-refractivity contribution in [3.8, 4) is 5.69 Å². The van der Waals surface area contributed by atoms with E-state index >= 15 is 0 Å². The van der Waals surface area contributed by atoms with Crippen LogP contribution in [0.15, 0.2) is 41.5 Å². The summed E-state index contributed by atoms with van der Waals surface area (Å²) in [4.78, 5) is 20.3. The second-order valence-corrected chi connectivity index (χ2v) is 9.33. The number of ether oxygens (including phenoxy) is 1. The minimum absolute atomic E-state index is 0.111. The third-order valence-electron chi connectivity index (χ3n) is 7.01. The highest BCUT2D eigenvalue weighted by Crippen LogP contribution is 2.39. The SMILES string of the molecule is Cc1c2c(cn1C)-n1c(C)nnc1C(CC(=O)N1CC3(COC3)C1)N=C2c1ccccc1. The number of aromatic nitrogens is 4. The number of fused-ring (bicyclic) bond motifs is 3. The number of amides is 1. The molecule has 32 heavy (non-hydrogen) atoms. The van der Waals surface area contributed by atoms with Crippen LogP contribution in [-0.4, -0.2) is 62.2 Å². The number of aryl methyl sites for hydroxylation is 2. The number of nitrogens with zero attached hydrogens (tertiary/aromatic N) is 6. The monoisotopic (exact) mass is 430 g/mol. The van der Waals surface area contributed by atoms with E-state index in [1.165, 1.54) is 0 Å². The second-order valence-electron chi connectivity index (χ2n) is 9.33. The second kappa shape index (κ2) is 6.87. The van der Waals surface area contributed by atoms with Crippen molar-refractivity contribution in [1.82, 2.24) is 24.2 Å². The zero-order chi connectivity index (χ0) is 22.0. The van der Waals surface area contributed by atoms with E-state index in [0.29, 0.717) is 0 Å². The molecule has 3 aromatic rings. The molecule has 2 fully saturated rings. The van der Waals surface area contributed by atoms with Gasteiger partial charge in [0.1, 0.15) is 11.9 Å². The Kier molecular flexibility index (Phi) is 4.17. The molecule has 1 aromatic carbocycles. The van der Waals surface area contributed by atoms with E-state index < -0.39 is 6.04 Å². The van der Waals surface area contributed by atoms with Gasteiger partial charge in [-0.05, 0) is 13.8 Å². The molecule has 0 saturated carbocycles. The van der Waals surface area contributed by atoms with Gasteiger partial charge in [0.25, 0.3) is 0 Å². The lowest BCUT2D eigenvalue weighted by molar-refractivity contribution is -0.195. The highest BCUT2D eigenvalue weighted by Gasteiger charge is 2.50. The molecule has 0 bridgehead atoms. The number of likely N-dealkylation sites (tertiary alicyclic amines) is 1. The van der Waals surface area contributed by atoms with Crippen LogP contribution in [0.25, 0.3) is 5.69 Å². The molecular formula is C24H26N6O2. The number of carbonyl (C=O) groups excluding carboxylic acids is 1. The topological polar surface area (TPSA) is 77.5 Å². The van der Waals surface area contributed by atoms with Crippen molar-refractivity contribution in [2.24, 2.45) is 17.5 Å². The summed E-state index contributed by atoms with van der Waals surface area (Å²) in [5.74, 6) is 1.62. The molecule has 8 heteroatoms. The van der Waals surface area contributed by atoms with E-state index in [-0.39, 0.29) is 17.7 Å². The van der Waals surface area contributed by atoms with Gasteiger partial charge in [-0.25, -0.2) is 0 Å². The summed E-state index contributed by atoms with van der Waals surface area (Å²) in [6.45, 7) is 7.13. The van der Waals surface area contributed by atoms with Gasteiger partial charge in [-0.2, -0.15) is 0 Å². The third-order valence-corrected chi connectivity index (χ3v) is 7.01. The molecule has 0 aliphatic carbocycles. The largest absolute Gasteiger partial charge is 0.380 e. The Morgan fingerprint density at radius 1 is 1.16 bits per heavy atom. The Morgan fingerprint density at radius 2 is 1.91 bits per heavy atom. The molecular weight excluding hydrogens is 404 g/mol. The van der Waals surface area contributed by atoms with E-state index in [4.69, 9.17) is 9.73 Å². The lowest BCUT2D eigenvalue weighted by atomic mass is 9.78. The molecule has 1 unspecified atom stereocenters. The number of aliphatic imine (C=N–C) groups is 1. The van der Waals surface area contributed by atoms with Crippen molar-refractivity contribution in [2.45, 2.75) is 26.3 Å². The molecule has 3 aliphatic rings. The Morgan fingerprint density at radius 3 is 2.59 bits per heavy atom. The molecule has 2 saturated heterocycles. The van der Waals surface area contributed by atoms with E-state index in [1.807, 2.05) is 37.1 Å². The Labute approximate surface area is 186 Å². The maximum atomic E-state index is 13.2. The lowest BCUT2D eigenvalue weighted by Crippen LogP contribution is -2.67. The summed E-state index contributed by atoms with van der Waals surface area (Å²) in [6, 6.07) is 9.79. The molecule has 5 heterocycles. The van der Waals surface area contributed by atoms with Crippen molar-refractivity contribution >= 4 is 11.6 Å². The predicted molar refractivity (Wildman–Crippen MR) is 119 cm³/mol. The standard InChI is InChI=1S/C24H26N6O2/c1-15-21-19(10-28(15)3)30-16(2)26-27-23(30)18(25-22(21)17-7-5-4-6-8-17)9-20(31)29-11-24(12-29)13-32-14-24/h4-8,10,18H,9,11-14H2,1-3H3. The molecule has 164 valence electrons. The van der Waals surface area contributed by atoms with Gasteiger partial charge in [0, 0.05) is 43.2 Å². The van der Waals surface area contributed by atoms with Crippen LogP contribution in [-0.2, 0) is 16.6 Å². The quantitative estimate of drug-likeness (QED) is 0.639. The first-order valence-electron chi connectivity index (χ1n) is 11.0. The van der Waals surface area contributed by atoms with Gasteiger partial charge in [0.2, 0.25) is 5.91 Å². The van der Waals surface area contributed by atoms with Crippen LogP contribution >= 0.6 is 0 Å². The lowest BCUT2D eigenvalue weighted by Gasteiger charge is -2.55. The van der Waals surface area contributed by atoms with E-state index in [1.54, 1.807) is 0 Å². The van der Waals surface area contributed by atoms with Crippen molar-refractivity contribution in [3.05, 3.63) is 65.0 Å². The fourth-order valence-corrected chi connectivity index (χ4v) is 5.10. The summed E-state index contributed by atoms with van der Waals surface area (Å²) in [5, 5.41) is 8.83. The third kappa shape index (κ3) is 2.79. The Hall–Kier alpha value is -3.26. The maximum absolute atomic E-state index is 13.2. The molecule has 1 spiro atoms. The smallest absolute Gasteiger partial charge is 0.225 e. The number of rotatable bonds is 3. The van der Waals surface area contributed by atoms with Gasteiger partial charge in [0.15, 0.2) is 5.82 Å². The van der Waals surface area contributed by atoms with Crippen molar-refractivity contribution in [1.29, 1.82) is 0 Å². The minimum atomic E-state index is -0.398. The first-order chi connectivity index (χ1) is 15.5. The average molecular weight is 431 g/mol. The predicted octanol–water partition coefficient (Wildman–Crippen LogP) is 2.36. The minimum Gasteiger partial charge on any atom is -0.380 e. The van der Waals surface area contributed by atoms with E-state index in [2.05, 4.69) is 44.6 Å². The average Bonchev–Trinajstić information content (AvgIpc) is 3.19. The van der Waals surface area contributed by atoms with Gasteiger partial charge in [-0.3, -0.25) is 14.4 Å². The van der Waals surface area contributed by atoms with E-state index in [9.17, 15) is 4.79 Å². The van der Waals surface area contributed by atoms with Gasteiger partial charge < -0.3 is 14.2 Å². The van der Waals surface area contributed by atoms with Crippen LogP contribution in [0.3, 0.4) is 0 Å². The first-order valence-corrected chi connectivity index (χ1v) is 11.0. The summed E-state index contributed by atoms with van der Waals surface area (Å²) in [7, 11) is 2.04. The number of hydrogen-bond acceptors (Lipinski definition) is 5. The summed E-state index contributed by atoms with van der Waals surface area (Å²) in [5.41, 5.74) is 5.31. The van der Waals surface area contributed by atoms with Crippen LogP contribution in [0.2, 0.25) is 0 Å². The highest BCUT2D eigenvalue weighted by atomic mass is 16.5. The summed E-state index contributed by atoms with van der Waals surface area (Å²) >= 11 is 0. The zero-order valence-electron chi connectivity index (χ0n) is 18.6. The van der Waals surface area contributed by atoms with Crippen LogP contribution < -0.4 is 0 Å². The highest BCUT2D eigenvalue weighted by molar-refractivity contribution is 6.16. The molecule has 0 radical (unpaired) electrons. The van der Waals surface area contributed by atoms with Gasteiger partial charge >= 0.3 is 0 Å². The molecule has 3 aliphatic heterocycles. The fourth-order valence-electron chi connectivity index (χ4n) is 5.10. The molecule has 8 nitrogen and oxygen atoms in total. The van der Waals surface area contributed by atoms with Gasteiger partial charge in [0.05, 0.1) is 36.4 Å². The van der Waals surface area contributed by atoms with Crippen LogP contribution in [0.5, 0.6) is 0 Å². The molecule has 0 N–H and O–H groups in total.